The minimum absolute atomic E-state index is 0.275. The van der Waals surface area contributed by atoms with Crippen molar-refractivity contribution in [3.8, 4) is 0 Å². The monoisotopic (exact) mass is 189 g/mol. The minimum Gasteiger partial charge on any atom is -0.462 e. The maximum Gasteiger partial charge on any atom is 0.339 e. The van der Waals surface area contributed by atoms with Gasteiger partial charge in [-0.25, -0.2) is 4.79 Å². The Balaban J connectivity index is 2.38. The summed E-state index contributed by atoms with van der Waals surface area (Å²) < 4.78 is 6.80. The summed E-state index contributed by atoms with van der Waals surface area (Å²) in [5.74, 6) is -0.275. The summed E-state index contributed by atoms with van der Waals surface area (Å²) >= 11 is 0. The fourth-order valence-electron chi connectivity index (χ4n) is 1.37. The van der Waals surface area contributed by atoms with Gasteiger partial charge in [-0.15, -0.1) is 0 Å². The Bertz CT molecular complexity index is 459. The normalized spacial score (nSPS) is 10.4. The van der Waals surface area contributed by atoms with E-state index in [2.05, 4.69) is 0 Å². The van der Waals surface area contributed by atoms with E-state index >= 15 is 0 Å². The number of carbonyl (C=O) groups is 1. The zero-order valence-corrected chi connectivity index (χ0v) is 7.93. The second-order valence-electron chi connectivity index (χ2n) is 2.98. The molecule has 0 aliphatic rings. The number of hydrogen-bond acceptors (Lipinski definition) is 2. The summed E-state index contributed by atoms with van der Waals surface area (Å²) in [7, 11) is 0. The lowest BCUT2D eigenvalue weighted by molar-refractivity contribution is 0.0526. The van der Waals surface area contributed by atoms with Gasteiger partial charge in [0.2, 0.25) is 0 Å². The highest BCUT2D eigenvalue weighted by atomic mass is 16.5. The van der Waals surface area contributed by atoms with Crippen molar-refractivity contribution in [2.75, 3.05) is 6.61 Å². The van der Waals surface area contributed by atoms with E-state index < -0.39 is 0 Å². The quantitative estimate of drug-likeness (QED) is 0.677. The Labute approximate surface area is 81.9 Å². The molecule has 3 nitrogen and oxygen atoms in total. The number of carbonyl (C=O) groups excluding carboxylic acids is 1. The summed E-state index contributed by atoms with van der Waals surface area (Å²) in [6, 6.07) is 7.58. The van der Waals surface area contributed by atoms with Gasteiger partial charge >= 0.3 is 5.97 Å². The summed E-state index contributed by atoms with van der Waals surface area (Å²) in [4.78, 5) is 11.4. The third kappa shape index (κ3) is 1.48. The van der Waals surface area contributed by atoms with Crippen LogP contribution in [0.15, 0.2) is 36.7 Å². The average Bonchev–Trinajstić information content (AvgIpc) is 2.64. The first-order valence-electron chi connectivity index (χ1n) is 4.55. The lowest BCUT2D eigenvalue weighted by Crippen LogP contribution is -2.05. The summed E-state index contributed by atoms with van der Waals surface area (Å²) in [5, 5.41) is 0. The molecular weight excluding hydrogens is 178 g/mol. The van der Waals surface area contributed by atoms with Crippen molar-refractivity contribution in [1.29, 1.82) is 0 Å². The predicted octanol–water partition coefficient (Wildman–Crippen LogP) is 2.12. The van der Waals surface area contributed by atoms with Gasteiger partial charge in [0, 0.05) is 17.9 Å². The molecule has 0 N–H and O–H groups in total. The molecule has 0 aromatic carbocycles. The molecule has 0 aliphatic carbocycles. The Morgan fingerprint density at radius 3 is 3.07 bits per heavy atom. The number of pyridine rings is 1. The van der Waals surface area contributed by atoms with Gasteiger partial charge in [0.1, 0.15) is 0 Å². The number of fused-ring (bicyclic) bond motifs is 1. The zero-order chi connectivity index (χ0) is 9.97. The second-order valence-corrected chi connectivity index (χ2v) is 2.98. The van der Waals surface area contributed by atoms with Crippen LogP contribution in [-0.2, 0) is 4.74 Å². The molecule has 0 fully saturated rings. The number of hydrogen-bond donors (Lipinski definition) is 0. The first-order chi connectivity index (χ1) is 6.81. The first kappa shape index (κ1) is 8.81. The minimum atomic E-state index is -0.275. The smallest absolute Gasteiger partial charge is 0.339 e. The molecule has 0 bridgehead atoms. The third-order valence-corrected chi connectivity index (χ3v) is 2.03. The lowest BCUT2D eigenvalue weighted by atomic mass is 10.3. The zero-order valence-electron chi connectivity index (χ0n) is 7.93. The molecule has 0 unspecified atom stereocenters. The van der Waals surface area contributed by atoms with Crippen LogP contribution in [0.2, 0.25) is 0 Å². The third-order valence-electron chi connectivity index (χ3n) is 2.03. The molecule has 0 aliphatic heterocycles. The van der Waals surface area contributed by atoms with Gasteiger partial charge in [-0.05, 0) is 31.2 Å². The highest BCUT2D eigenvalue weighted by molar-refractivity contribution is 5.89. The molecule has 0 atom stereocenters. The molecule has 0 amide bonds. The van der Waals surface area contributed by atoms with E-state index in [1.54, 1.807) is 19.2 Å². The molecule has 2 aromatic heterocycles. The number of nitrogens with zero attached hydrogens (tertiary/aromatic N) is 1. The van der Waals surface area contributed by atoms with Crippen LogP contribution in [0.3, 0.4) is 0 Å². The van der Waals surface area contributed by atoms with Crippen molar-refractivity contribution in [2.24, 2.45) is 0 Å². The molecule has 0 radical (unpaired) electrons. The predicted molar refractivity (Wildman–Crippen MR) is 53.4 cm³/mol. The number of aromatic nitrogens is 1. The van der Waals surface area contributed by atoms with Crippen LogP contribution >= 0.6 is 0 Å². The average molecular weight is 189 g/mol. The van der Waals surface area contributed by atoms with E-state index in [-0.39, 0.29) is 5.97 Å². The van der Waals surface area contributed by atoms with Gasteiger partial charge in [-0.2, -0.15) is 0 Å². The highest BCUT2D eigenvalue weighted by Crippen LogP contribution is 2.08. The molecule has 0 spiro atoms. The molecule has 2 rings (SSSR count). The van der Waals surface area contributed by atoms with Gasteiger partial charge in [0.25, 0.3) is 0 Å². The Morgan fingerprint density at radius 1 is 1.43 bits per heavy atom. The summed E-state index contributed by atoms with van der Waals surface area (Å²) in [6.07, 6.45) is 3.67. The standard InChI is InChI=1S/C11H11NO2/c1-2-14-11(13)9-5-6-10-4-3-7-12(10)8-9/h3-8H,2H2,1H3. The Hall–Kier alpha value is -1.77. The van der Waals surface area contributed by atoms with Crippen LogP contribution in [0.4, 0.5) is 0 Å². The van der Waals surface area contributed by atoms with Crippen molar-refractivity contribution in [2.45, 2.75) is 6.92 Å². The maximum absolute atomic E-state index is 11.4. The van der Waals surface area contributed by atoms with Crippen LogP contribution in [0.25, 0.3) is 5.52 Å². The van der Waals surface area contributed by atoms with Crippen molar-refractivity contribution in [3.63, 3.8) is 0 Å². The van der Waals surface area contributed by atoms with Gasteiger partial charge < -0.3 is 9.14 Å². The summed E-state index contributed by atoms with van der Waals surface area (Å²) in [6.45, 7) is 2.20. The molecule has 14 heavy (non-hydrogen) atoms. The SMILES string of the molecule is CCOC(=O)c1ccc2cccn2c1. The maximum atomic E-state index is 11.4. The van der Waals surface area contributed by atoms with Gasteiger partial charge in [0.15, 0.2) is 0 Å². The summed E-state index contributed by atoms with van der Waals surface area (Å²) in [5.41, 5.74) is 1.65. The van der Waals surface area contributed by atoms with E-state index in [0.717, 1.165) is 5.52 Å². The second kappa shape index (κ2) is 3.54. The molecule has 2 aromatic rings. The van der Waals surface area contributed by atoms with Crippen molar-refractivity contribution >= 4 is 11.5 Å². The van der Waals surface area contributed by atoms with E-state index in [0.29, 0.717) is 12.2 Å². The number of rotatable bonds is 2. The molecule has 72 valence electrons. The Morgan fingerprint density at radius 2 is 2.29 bits per heavy atom. The van der Waals surface area contributed by atoms with E-state index in [9.17, 15) is 4.79 Å². The lowest BCUT2D eigenvalue weighted by Gasteiger charge is -2.02. The topological polar surface area (TPSA) is 30.7 Å². The molecule has 0 saturated heterocycles. The van der Waals surface area contributed by atoms with Crippen LogP contribution in [0.1, 0.15) is 17.3 Å². The molecule has 2 heterocycles. The number of esters is 1. The first-order valence-corrected chi connectivity index (χ1v) is 4.55. The van der Waals surface area contributed by atoms with Crippen LogP contribution in [0, 0.1) is 0 Å². The largest absolute Gasteiger partial charge is 0.462 e. The van der Waals surface area contributed by atoms with Crippen molar-refractivity contribution in [1.82, 2.24) is 4.40 Å². The van der Waals surface area contributed by atoms with E-state index in [1.165, 1.54) is 0 Å². The van der Waals surface area contributed by atoms with Crippen LogP contribution in [0.5, 0.6) is 0 Å². The molecule has 3 heteroatoms. The van der Waals surface area contributed by atoms with Crippen molar-refractivity contribution < 1.29 is 9.53 Å². The Kier molecular flexibility index (Phi) is 2.23. The fraction of sp³-hybridized carbons (Fsp3) is 0.182. The molecular formula is C11H11NO2. The van der Waals surface area contributed by atoms with Gasteiger partial charge in [0.05, 0.1) is 12.2 Å². The fourth-order valence-corrected chi connectivity index (χ4v) is 1.37. The van der Waals surface area contributed by atoms with E-state index in [1.807, 2.05) is 28.8 Å². The van der Waals surface area contributed by atoms with Crippen LogP contribution < -0.4 is 0 Å². The van der Waals surface area contributed by atoms with E-state index in [4.69, 9.17) is 4.74 Å². The molecule has 0 saturated carbocycles. The van der Waals surface area contributed by atoms with Crippen molar-refractivity contribution in [3.05, 3.63) is 42.2 Å². The van der Waals surface area contributed by atoms with Gasteiger partial charge in [-0.1, -0.05) is 0 Å². The van der Waals surface area contributed by atoms with Gasteiger partial charge in [-0.3, -0.25) is 0 Å². The number of ether oxygens (including phenoxy) is 1. The highest BCUT2D eigenvalue weighted by Gasteiger charge is 2.06. The van der Waals surface area contributed by atoms with Crippen LogP contribution in [-0.4, -0.2) is 17.0 Å².